The lowest BCUT2D eigenvalue weighted by Crippen LogP contribution is -2.25. The van der Waals surface area contributed by atoms with Crippen LogP contribution in [0.5, 0.6) is 0 Å². The number of ether oxygens (including phenoxy) is 1. The number of hydrogen-bond donors (Lipinski definition) is 1. The minimum absolute atomic E-state index is 0.135. The summed E-state index contributed by atoms with van der Waals surface area (Å²) >= 11 is 0. The van der Waals surface area contributed by atoms with Crippen LogP contribution < -0.4 is 0 Å². The zero-order valence-electron chi connectivity index (χ0n) is 8.22. The van der Waals surface area contributed by atoms with Gasteiger partial charge in [0.15, 0.2) is 6.29 Å². The van der Waals surface area contributed by atoms with E-state index < -0.39 is 6.29 Å². The first-order valence-corrected chi connectivity index (χ1v) is 4.12. The van der Waals surface area contributed by atoms with Gasteiger partial charge in [-0.1, -0.05) is 34.6 Å². The minimum atomic E-state index is -0.616. The molecular formula is C9H20O2. The molecule has 1 unspecified atom stereocenters. The number of aliphatic hydroxyl groups excluding tert-OH is 1. The Hall–Kier alpha value is -0.0800. The van der Waals surface area contributed by atoms with E-state index in [0.717, 1.165) is 0 Å². The number of aliphatic hydroxyl groups is 1. The highest BCUT2D eigenvalue weighted by molar-refractivity contribution is 4.60. The lowest BCUT2D eigenvalue weighted by molar-refractivity contribution is -0.142. The van der Waals surface area contributed by atoms with E-state index in [1.165, 1.54) is 0 Å². The highest BCUT2D eigenvalue weighted by Gasteiger charge is 2.15. The Labute approximate surface area is 69.6 Å². The van der Waals surface area contributed by atoms with E-state index in [1.54, 1.807) is 0 Å². The van der Waals surface area contributed by atoms with Crippen molar-refractivity contribution >= 4 is 0 Å². The van der Waals surface area contributed by atoms with Crippen LogP contribution in [-0.4, -0.2) is 18.0 Å². The molecule has 2 heteroatoms. The molecule has 0 aliphatic rings. The molecule has 0 aliphatic heterocycles. The zero-order valence-corrected chi connectivity index (χ0v) is 8.22. The molecule has 1 atom stereocenters. The molecule has 0 fully saturated rings. The quantitative estimate of drug-likeness (QED) is 0.640. The maximum absolute atomic E-state index is 9.27. The molecule has 0 rings (SSSR count). The second kappa shape index (κ2) is 4.07. The molecular weight excluding hydrogens is 140 g/mol. The predicted molar refractivity (Wildman–Crippen MR) is 46.3 cm³/mol. The van der Waals surface area contributed by atoms with Crippen LogP contribution >= 0.6 is 0 Å². The molecule has 0 aliphatic carbocycles. The van der Waals surface area contributed by atoms with Gasteiger partial charge in [-0.05, 0) is 5.41 Å². The van der Waals surface area contributed by atoms with Gasteiger partial charge in [-0.3, -0.25) is 0 Å². The van der Waals surface area contributed by atoms with Gasteiger partial charge in [0.05, 0.1) is 6.61 Å². The summed E-state index contributed by atoms with van der Waals surface area (Å²) in [6.07, 6.45) is -0.616. The standard InChI is InChI=1S/C9H20O2/c1-7(2)8(10)11-6-9(3,4)5/h7-8,10H,6H2,1-5H3. The van der Waals surface area contributed by atoms with Crippen molar-refractivity contribution in [1.82, 2.24) is 0 Å². The largest absolute Gasteiger partial charge is 0.368 e. The Morgan fingerprint density at radius 1 is 1.27 bits per heavy atom. The van der Waals surface area contributed by atoms with E-state index >= 15 is 0 Å². The monoisotopic (exact) mass is 160 g/mol. The summed E-state index contributed by atoms with van der Waals surface area (Å²) < 4.78 is 5.22. The molecule has 1 N–H and O–H groups in total. The van der Waals surface area contributed by atoms with Crippen LogP contribution in [0.1, 0.15) is 34.6 Å². The Bertz CT molecular complexity index is 103. The first-order valence-electron chi connectivity index (χ1n) is 4.12. The average Bonchev–Trinajstić information content (AvgIpc) is 1.80. The summed E-state index contributed by atoms with van der Waals surface area (Å²) in [7, 11) is 0. The third kappa shape index (κ3) is 6.32. The molecule has 0 bridgehead atoms. The summed E-state index contributed by atoms with van der Waals surface area (Å²) in [5.41, 5.74) is 0.135. The van der Waals surface area contributed by atoms with Crippen molar-refractivity contribution in [3.8, 4) is 0 Å². The van der Waals surface area contributed by atoms with Crippen molar-refractivity contribution in [3.05, 3.63) is 0 Å². The Kier molecular flexibility index (Phi) is 4.04. The van der Waals surface area contributed by atoms with Gasteiger partial charge in [0.2, 0.25) is 0 Å². The van der Waals surface area contributed by atoms with E-state index in [2.05, 4.69) is 20.8 Å². The van der Waals surface area contributed by atoms with Crippen LogP contribution in [0.4, 0.5) is 0 Å². The zero-order chi connectivity index (χ0) is 9.07. The summed E-state index contributed by atoms with van der Waals surface area (Å²) in [6, 6.07) is 0. The molecule has 0 aromatic carbocycles. The van der Waals surface area contributed by atoms with E-state index in [4.69, 9.17) is 4.74 Å². The summed E-state index contributed by atoms with van der Waals surface area (Å²) in [5, 5.41) is 9.27. The Morgan fingerprint density at radius 2 is 1.73 bits per heavy atom. The van der Waals surface area contributed by atoms with Gasteiger partial charge in [-0.25, -0.2) is 0 Å². The van der Waals surface area contributed by atoms with Gasteiger partial charge >= 0.3 is 0 Å². The van der Waals surface area contributed by atoms with Crippen LogP contribution in [0.2, 0.25) is 0 Å². The van der Waals surface area contributed by atoms with Gasteiger partial charge in [-0.2, -0.15) is 0 Å². The van der Waals surface area contributed by atoms with Gasteiger partial charge in [0.25, 0.3) is 0 Å². The second-order valence-corrected chi connectivity index (χ2v) is 4.51. The molecule has 0 aromatic heterocycles. The van der Waals surface area contributed by atoms with E-state index in [-0.39, 0.29) is 11.3 Å². The third-order valence-corrected chi connectivity index (χ3v) is 1.26. The topological polar surface area (TPSA) is 29.5 Å². The van der Waals surface area contributed by atoms with Gasteiger partial charge in [-0.15, -0.1) is 0 Å². The second-order valence-electron chi connectivity index (χ2n) is 4.51. The normalized spacial score (nSPS) is 15.5. The van der Waals surface area contributed by atoms with Crippen molar-refractivity contribution in [2.75, 3.05) is 6.61 Å². The Morgan fingerprint density at radius 3 is 2.00 bits per heavy atom. The van der Waals surface area contributed by atoms with Crippen molar-refractivity contribution in [2.24, 2.45) is 11.3 Å². The van der Waals surface area contributed by atoms with Crippen molar-refractivity contribution in [2.45, 2.75) is 40.9 Å². The summed E-state index contributed by atoms with van der Waals surface area (Å²) in [4.78, 5) is 0. The molecule has 0 heterocycles. The summed E-state index contributed by atoms with van der Waals surface area (Å²) in [6.45, 7) is 10.7. The van der Waals surface area contributed by atoms with Crippen molar-refractivity contribution in [1.29, 1.82) is 0 Å². The fraction of sp³-hybridized carbons (Fsp3) is 1.00. The van der Waals surface area contributed by atoms with E-state index in [9.17, 15) is 5.11 Å². The molecule has 0 spiro atoms. The average molecular weight is 160 g/mol. The smallest absolute Gasteiger partial charge is 0.156 e. The van der Waals surface area contributed by atoms with E-state index in [1.807, 2.05) is 13.8 Å². The molecule has 0 radical (unpaired) electrons. The number of hydrogen-bond acceptors (Lipinski definition) is 2. The minimum Gasteiger partial charge on any atom is -0.368 e. The highest BCUT2D eigenvalue weighted by atomic mass is 16.6. The molecule has 0 saturated heterocycles. The third-order valence-electron chi connectivity index (χ3n) is 1.26. The van der Waals surface area contributed by atoms with Crippen LogP contribution in [0.15, 0.2) is 0 Å². The maximum atomic E-state index is 9.27. The molecule has 2 nitrogen and oxygen atoms in total. The first kappa shape index (κ1) is 10.9. The lowest BCUT2D eigenvalue weighted by atomic mass is 9.98. The maximum Gasteiger partial charge on any atom is 0.156 e. The van der Waals surface area contributed by atoms with Crippen molar-refractivity contribution < 1.29 is 9.84 Å². The fourth-order valence-electron chi connectivity index (χ4n) is 0.528. The van der Waals surface area contributed by atoms with Gasteiger partial charge in [0, 0.05) is 5.92 Å². The molecule has 0 saturated carbocycles. The van der Waals surface area contributed by atoms with Gasteiger partial charge < -0.3 is 9.84 Å². The number of rotatable bonds is 3. The van der Waals surface area contributed by atoms with Crippen LogP contribution in [0.25, 0.3) is 0 Å². The molecule has 68 valence electrons. The first-order chi connectivity index (χ1) is 4.83. The fourth-order valence-corrected chi connectivity index (χ4v) is 0.528. The highest BCUT2D eigenvalue weighted by Crippen LogP contribution is 2.15. The molecule has 0 aromatic rings. The molecule has 11 heavy (non-hydrogen) atoms. The SMILES string of the molecule is CC(C)C(O)OCC(C)(C)C. The van der Waals surface area contributed by atoms with Crippen molar-refractivity contribution in [3.63, 3.8) is 0 Å². The van der Waals surface area contributed by atoms with Crippen LogP contribution in [-0.2, 0) is 4.74 Å². The van der Waals surface area contributed by atoms with Crippen LogP contribution in [0.3, 0.4) is 0 Å². The van der Waals surface area contributed by atoms with E-state index in [0.29, 0.717) is 6.61 Å². The Balaban J connectivity index is 3.54. The molecule has 0 amide bonds. The predicted octanol–water partition coefficient (Wildman–Crippen LogP) is 2.02. The lowest BCUT2D eigenvalue weighted by Gasteiger charge is -2.22. The summed E-state index contributed by atoms with van der Waals surface area (Å²) in [5.74, 6) is 0.178. The van der Waals surface area contributed by atoms with Crippen LogP contribution in [0, 0.1) is 11.3 Å². The van der Waals surface area contributed by atoms with Gasteiger partial charge in [0.1, 0.15) is 0 Å².